The Kier molecular flexibility index (Phi) is 2.65. The smallest absolute Gasteiger partial charge is 0.213 e. The van der Waals surface area contributed by atoms with Gasteiger partial charge in [-0.1, -0.05) is 6.07 Å². The molecule has 0 fully saturated rings. The highest BCUT2D eigenvalue weighted by Crippen LogP contribution is 2.16. The van der Waals surface area contributed by atoms with Gasteiger partial charge < -0.3 is 10.5 Å². The van der Waals surface area contributed by atoms with Crippen LogP contribution in [0, 0.1) is 6.92 Å². The fourth-order valence-corrected chi connectivity index (χ4v) is 1.14. The van der Waals surface area contributed by atoms with Crippen molar-refractivity contribution in [2.45, 2.75) is 19.9 Å². The van der Waals surface area contributed by atoms with E-state index in [1.807, 2.05) is 26.0 Å². The molecule has 0 unspecified atom stereocenters. The molecule has 0 amide bonds. The Hall–Kier alpha value is -1.09. The fraction of sp³-hybridized carbons (Fsp3) is 0.444. The SMILES string of the molecule is COc1ccc([C@@H](C)N)c(C)n1. The Morgan fingerprint density at radius 2 is 2.17 bits per heavy atom. The summed E-state index contributed by atoms with van der Waals surface area (Å²) in [5.41, 5.74) is 7.73. The average Bonchev–Trinajstić information content (AvgIpc) is 2.03. The summed E-state index contributed by atoms with van der Waals surface area (Å²) >= 11 is 0. The summed E-state index contributed by atoms with van der Waals surface area (Å²) in [6, 6.07) is 3.81. The molecule has 0 spiro atoms. The molecule has 2 N–H and O–H groups in total. The number of methoxy groups -OCH3 is 1. The summed E-state index contributed by atoms with van der Waals surface area (Å²) in [5.74, 6) is 0.636. The number of rotatable bonds is 2. The van der Waals surface area contributed by atoms with Crippen LogP contribution in [0.25, 0.3) is 0 Å². The molecule has 1 rings (SSSR count). The molecule has 0 aliphatic heterocycles. The maximum Gasteiger partial charge on any atom is 0.213 e. The fourth-order valence-electron chi connectivity index (χ4n) is 1.14. The Morgan fingerprint density at radius 3 is 2.58 bits per heavy atom. The molecule has 1 aromatic rings. The minimum absolute atomic E-state index is 0.0309. The summed E-state index contributed by atoms with van der Waals surface area (Å²) in [4.78, 5) is 4.21. The van der Waals surface area contributed by atoms with E-state index >= 15 is 0 Å². The number of aromatic nitrogens is 1. The number of aryl methyl sites for hydroxylation is 1. The van der Waals surface area contributed by atoms with Gasteiger partial charge in [0.05, 0.1) is 7.11 Å². The summed E-state index contributed by atoms with van der Waals surface area (Å²) in [6.07, 6.45) is 0. The zero-order chi connectivity index (χ0) is 9.14. The van der Waals surface area contributed by atoms with E-state index in [9.17, 15) is 0 Å². The van der Waals surface area contributed by atoms with E-state index < -0.39 is 0 Å². The lowest BCUT2D eigenvalue weighted by Crippen LogP contribution is -2.08. The molecule has 0 aromatic carbocycles. The van der Waals surface area contributed by atoms with Gasteiger partial charge in [-0.15, -0.1) is 0 Å². The Labute approximate surface area is 72.6 Å². The predicted molar refractivity (Wildman–Crippen MR) is 48.1 cm³/mol. The number of nitrogens with two attached hydrogens (primary N) is 1. The van der Waals surface area contributed by atoms with Gasteiger partial charge in [-0.25, -0.2) is 4.98 Å². The van der Waals surface area contributed by atoms with Crippen molar-refractivity contribution in [3.8, 4) is 5.88 Å². The van der Waals surface area contributed by atoms with Gasteiger partial charge in [-0.3, -0.25) is 0 Å². The van der Waals surface area contributed by atoms with Gasteiger partial charge in [-0.2, -0.15) is 0 Å². The molecular weight excluding hydrogens is 152 g/mol. The normalized spacial score (nSPS) is 12.7. The molecular formula is C9H14N2O. The van der Waals surface area contributed by atoms with Gasteiger partial charge in [0, 0.05) is 17.8 Å². The number of ether oxygens (including phenoxy) is 1. The van der Waals surface area contributed by atoms with Crippen molar-refractivity contribution in [1.29, 1.82) is 0 Å². The monoisotopic (exact) mass is 166 g/mol. The van der Waals surface area contributed by atoms with Crippen LogP contribution in [0.3, 0.4) is 0 Å². The number of hydrogen-bond donors (Lipinski definition) is 1. The summed E-state index contributed by atoms with van der Waals surface area (Å²) in [5, 5.41) is 0. The highest BCUT2D eigenvalue weighted by Gasteiger charge is 2.04. The number of nitrogens with zero attached hydrogens (tertiary/aromatic N) is 1. The van der Waals surface area contributed by atoms with Gasteiger partial charge in [0.1, 0.15) is 0 Å². The zero-order valence-corrected chi connectivity index (χ0v) is 7.66. The number of pyridine rings is 1. The lowest BCUT2D eigenvalue weighted by molar-refractivity contribution is 0.396. The first kappa shape index (κ1) is 9.00. The van der Waals surface area contributed by atoms with Crippen LogP contribution in [0.1, 0.15) is 24.2 Å². The summed E-state index contributed by atoms with van der Waals surface area (Å²) < 4.78 is 4.98. The summed E-state index contributed by atoms with van der Waals surface area (Å²) in [6.45, 7) is 3.87. The number of hydrogen-bond acceptors (Lipinski definition) is 3. The second-order valence-electron chi connectivity index (χ2n) is 2.82. The zero-order valence-electron chi connectivity index (χ0n) is 7.66. The van der Waals surface area contributed by atoms with E-state index in [1.165, 1.54) is 0 Å². The van der Waals surface area contributed by atoms with Crippen molar-refractivity contribution in [2.24, 2.45) is 5.73 Å². The third-order valence-electron chi connectivity index (χ3n) is 1.80. The third kappa shape index (κ3) is 1.74. The molecule has 0 saturated carbocycles. The van der Waals surface area contributed by atoms with Gasteiger partial charge >= 0.3 is 0 Å². The lowest BCUT2D eigenvalue weighted by Gasteiger charge is -2.09. The maximum atomic E-state index is 5.73. The van der Waals surface area contributed by atoms with Gasteiger partial charge in [0.15, 0.2) is 0 Å². The van der Waals surface area contributed by atoms with Crippen LogP contribution in [0.5, 0.6) is 5.88 Å². The molecule has 0 radical (unpaired) electrons. The first-order chi connectivity index (χ1) is 5.65. The molecule has 12 heavy (non-hydrogen) atoms. The van der Waals surface area contributed by atoms with E-state index in [0.29, 0.717) is 5.88 Å². The van der Waals surface area contributed by atoms with Crippen molar-refractivity contribution in [3.05, 3.63) is 23.4 Å². The molecule has 3 nitrogen and oxygen atoms in total. The molecule has 0 saturated heterocycles. The van der Waals surface area contributed by atoms with E-state index in [2.05, 4.69) is 4.98 Å². The van der Waals surface area contributed by atoms with Crippen LogP contribution >= 0.6 is 0 Å². The van der Waals surface area contributed by atoms with Crippen LogP contribution < -0.4 is 10.5 Å². The van der Waals surface area contributed by atoms with Gasteiger partial charge in [0.25, 0.3) is 0 Å². The van der Waals surface area contributed by atoms with Crippen molar-refractivity contribution >= 4 is 0 Å². The van der Waals surface area contributed by atoms with Crippen LogP contribution in [-0.4, -0.2) is 12.1 Å². The molecule has 0 bridgehead atoms. The standard InChI is InChI=1S/C9H14N2O/c1-6(10)8-4-5-9(12-3)11-7(8)2/h4-6H,10H2,1-3H3/t6-/m1/s1. The topological polar surface area (TPSA) is 48.1 Å². The Morgan fingerprint density at radius 1 is 1.50 bits per heavy atom. The Balaban J connectivity index is 3.03. The van der Waals surface area contributed by atoms with E-state index in [1.54, 1.807) is 7.11 Å². The van der Waals surface area contributed by atoms with E-state index in [0.717, 1.165) is 11.3 Å². The first-order valence-corrected chi connectivity index (χ1v) is 3.92. The van der Waals surface area contributed by atoms with Crippen LogP contribution in [-0.2, 0) is 0 Å². The second kappa shape index (κ2) is 3.54. The van der Waals surface area contributed by atoms with Crippen molar-refractivity contribution in [2.75, 3.05) is 7.11 Å². The quantitative estimate of drug-likeness (QED) is 0.722. The maximum absolute atomic E-state index is 5.73. The minimum Gasteiger partial charge on any atom is -0.481 e. The highest BCUT2D eigenvalue weighted by molar-refractivity contribution is 5.26. The largest absolute Gasteiger partial charge is 0.481 e. The lowest BCUT2D eigenvalue weighted by atomic mass is 10.1. The van der Waals surface area contributed by atoms with Crippen molar-refractivity contribution < 1.29 is 4.74 Å². The molecule has 1 atom stereocenters. The molecule has 1 heterocycles. The molecule has 3 heteroatoms. The molecule has 0 aliphatic carbocycles. The predicted octanol–water partition coefficient (Wildman–Crippen LogP) is 1.42. The molecule has 0 aliphatic rings. The van der Waals surface area contributed by atoms with E-state index in [4.69, 9.17) is 10.5 Å². The van der Waals surface area contributed by atoms with Crippen LogP contribution in [0.2, 0.25) is 0 Å². The van der Waals surface area contributed by atoms with Gasteiger partial charge in [-0.05, 0) is 19.4 Å². The Bertz CT molecular complexity index is 271. The van der Waals surface area contributed by atoms with Crippen molar-refractivity contribution in [1.82, 2.24) is 4.98 Å². The average molecular weight is 166 g/mol. The van der Waals surface area contributed by atoms with Crippen molar-refractivity contribution in [3.63, 3.8) is 0 Å². The second-order valence-corrected chi connectivity index (χ2v) is 2.82. The minimum atomic E-state index is 0.0309. The highest BCUT2D eigenvalue weighted by atomic mass is 16.5. The van der Waals surface area contributed by atoms with Crippen LogP contribution in [0.4, 0.5) is 0 Å². The first-order valence-electron chi connectivity index (χ1n) is 3.92. The van der Waals surface area contributed by atoms with E-state index in [-0.39, 0.29) is 6.04 Å². The van der Waals surface area contributed by atoms with Crippen LogP contribution in [0.15, 0.2) is 12.1 Å². The third-order valence-corrected chi connectivity index (χ3v) is 1.80. The molecule has 66 valence electrons. The summed E-state index contributed by atoms with van der Waals surface area (Å²) in [7, 11) is 1.60. The van der Waals surface area contributed by atoms with Gasteiger partial charge in [0.2, 0.25) is 5.88 Å². The molecule has 1 aromatic heterocycles.